The minimum atomic E-state index is 0.0106. The van der Waals surface area contributed by atoms with Gasteiger partial charge in [0.1, 0.15) is 5.82 Å². The molecule has 2 aromatic heterocycles. The fourth-order valence-electron chi connectivity index (χ4n) is 2.17. The van der Waals surface area contributed by atoms with Crippen LogP contribution in [0.5, 0.6) is 0 Å². The molecule has 0 radical (unpaired) electrons. The molecule has 0 aliphatic heterocycles. The van der Waals surface area contributed by atoms with Crippen molar-refractivity contribution in [2.75, 3.05) is 17.7 Å². The highest BCUT2D eigenvalue weighted by atomic mass is 35.5. The monoisotopic (exact) mass is 302 g/mol. The molecule has 0 aliphatic carbocycles. The molecule has 0 amide bonds. The standard InChI is InChI=1S/C14H15ClN6/c1-8(9-5-3-4-6-11(9)15)18-12-10-7-17-21-13(10)20-14(16-2)19-12/h3-8H,1-2H3,(H3,16,17,18,19,20,21). The highest BCUT2D eigenvalue weighted by Crippen LogP contribution is 2.28. The number of nitrogens with zero attached hydrogens (tertiary/aromatic N) is 3. The first-order valence-corrected chi connectivity index (χ1v) is 6.96. The molecule has 0 spiro atoms. The third-order valence-electron chi connectivity index (χ3n) is 3.26. The van der Waals surface area contributed by atoms with Crippen molar-refractivity contribution in [3.05, 3.63) is 41.0 Å². The van der Waals surface area contributed by atoms with E-state index in [4.69, 9.17) is 11.6 Å². The van der Waals surface area contributed by atoms with Gasteiger partial charge in [0.2, 0.25) is 5.95 Å². The van der Waals surface area contributed by atoms with Gasteiger partial charge in [0, 0.05) is 12.1 Å². The Hall–Kier alpha value is -2.34. The van der Waals surface area contributed by atoms with Gasteiger partial charge in [-0.25, -0.2) is 0 Å². The number of anilines is 2. The van der Waals surface area contributed by atoms with Crippen molar-refractivity contribution < 1.29 is 0 Å². The van der Waals surface area contributed by atoms with Crippen LogP contribution in [-0.2, 0) is 0 Å². The molecule has 7 heteroatoms. The summed E-state index contributed by atoms with van der Waals surface area (Å²) in [7, 11) is 1.78. The van der Waals surface area contributed by atoms with Gasteiger partial charge < -0.3 is 10.6 Å². The Balaban J connectivity index is 1.97. The summed E-state index contributed by atoms with van der Waals surface area (Å²) in [6.45, 7) is 2.04. The number of aromatic nitrogens is 4. The van der Waals surface area contributed by atoms with E-state index in [-0.39, 0.29) is 6.04 Å². The van der Waals surface area contributed by atoms with E-state index in [0.717, 1.165) is 16.0 Å². The van der Waals surface area contributed by atoms with Crippen LogP contribution in [0.4, 0.5) is 11.8 Å². The van der Waals surface area contributed by atoms with Crippen LogP contribution in [0.15, 0.2) is 30.5 Å². The number of H-pyrrole nitrogens is 1. The van der Waals surface area contributed by atoms with Crippen LogP contribution in [0.1, 0.15) is 18.5 Å². The first-order chi connectivity index (χ1) is 10.2. The Labute approximate surface area is 127 Å². The van der Waals surface area contributed by atoms with E-state index in [9.17, 15) is 0 Å². The van der Waals surface area contributed by atoms with Gasteiger partial charge in [-0.2, -0.15) is 15.1 Å². The zero-order valence-electron chi connectivity index (χ0n) is 11.7. The molecule has 6 nitrogen and oxygen atoms in total. The molecule has 3 N–H and O–H groups in total. The molecule has 1 atom stereocenters. The normalized spacial score (nSPS) is 12.3. The first-order valence-electron chi connectivity index (χ1n) is 6.59. The number of hydrogen-bond donors (Lipinski definition) is 3. The van der Waals surface area contributed by atoms with Gasteiger partial charge in [-0.15, -0.1) is 0 Å². The maximum Gasteiger partial charge on any atom is 0.226 e. The maximum atomic E-state index is 6.24. The Morgan fingerprint density at radius 3 is 2.81 bits per heavy atom. The largest absolute Gasteiger partial charge is 0.363 e. The van der Waals surface area contributed by atoms with Crippen molar-refractivity contribution in [1.29, 1.82) is 0 Å². The molecule has 1 unspecified atom stereocenters. The topological polar surface area (TPSA) is 78.5 Å². The van der Waals surface area contributed by atoms with E-state index < -0.39 is 0 Å². The van der Waals surface area contributed by atoms with Crippen molar-refractivity contribution in [3.8, 4) is 0 Å². The summed E-state index contributed by atoms with van der Waals surface area (Å²) in [6.07, 6.45) is 1.70. The van der Waals surface area contributed by atoms with E-state index in [0.29, 0.717) is 17.4 Å². The molecule has 0 saturated carbocycles. The average molecular weight is 303 g/mol. The second-order valence-corrected chi connectivity index (χ2v) is 5.07. The van der Waals surface area contributed by atoms with Gasteiger partial charge in [-0.3, -0.25) is 5.10 Å². The van der Waals surface area contributed by atoms with Crippen LogP contribution in [0.3, 0.4) is 0 Å². The van der Waals surface area contributed by atoms with E-state index in [1.807, 2.05) is 31.2 Å². The molecule has 0 aliphatic rings. The highest BCUT2D eigenvalue weighted by molar-refractivity contribution is 6.31. The van der Waals surface area contributed by atoms with Crippen LogP contribution >= 0.6 is 11.6 Å². The summed E-state index contributed by atoms with van der Waals surface area (Å²) >= 11 is 6.24. The Morgan fingerprint density at radius 1 is 1.24 bits per heavy atom. The van der Waals surface area contributed by atoms with Crippen LogP contribution in [0.25, 0.3) is 11.0 Å². The predicted octanol–water partition coefficient (Wildman–Crippen LogP) is 3.22. The van der Waals surface area contributed by atoms with Gasteiger partial charge in [0.15, 0.2) is 5.65 Å². The minimum Gasteiger partial charge on any atom is -0.363 e. The molecule has 1 aromatic carbocycles. The number of halogens is 1. The minimum absolute atomic E-state index is 0.0106. The lowest BCUT2D eigenvalue weighted by Crippen LogP contribution is -2.10. The second-order valence-electron chi connectivity index (χ2n) is 4.67. The summed E-state index contributed by atoms with van der Waals surface area (Å²) in [5.74, 6) is 1.24. The van der Waals surface area contributed by atoms with Crippen molar-refractivity contribution in [2.45, 2.75) is 13.0 Å². The van der Waals surface area contributed by atoms with Crippen molar-refractivity contribution in [3.63, 3.8) is 0 Å². The number of benzene rings is 1. The Morgan fingerprint density at radius 2 is 2.05 bits per heavy atom. The molecule has 108 valence electrons. The maximum absolute atomic E-state index is 6.24. The van der Waals surface area contributed by atoms with Crippen LogP contribution < -0.4 is 10.6 Å². The third kappa shape index (κ3) is 2.62. The third-order valence-corrected chi connectivity index (χ3v) is 3.60. The summed E-state index contributed by atoms with van der Waals surface area (Å²) < 4.78 is 0. The van der Waals surface area contributed by atoms with Gasteiger partial charge in [0.25, 0.3) is 0 Å². The quantitative estimate of drug-likeness (QED) is 0.689. The number of rotatable bonds is 4. The Kier molecular flexibility index (Phi) is 3.62. The number of nitrogens with one attached hydrogen (secondary N) is 3. The van der Waals surface area contributed by atoms with E-state index >= 15 is 0 Å². The fraction of sp³-hybridized carbons (Fsp3) is 0.214. The molecule has 3 rings (SSSR count). The summed E-state index contributed by atoms with van der Waals surface area (Å²) in [5.41, 5.74) is 1.70. The molecule has 0 saturated heterocycles. The highest BCUT2D eigenvalue weighted by Gasteiger charge is 2.14. The Bertz CT molecular complexity index is 769. The molecular weight excluding hydrogens is 288 g/mol. The smallest absolute Gasteiger partial charge is 0.226 e. The lowest BCUT2D eigenvalue weighted by atomic mass is 10.1. The summed E-state index contributed by atoms with van der Waals surface area (Å²) in [6, 6.07) is 7.76. The molecule has 0 fully saturated rings. The number of aromatic amines is 1. The van der Waals surface area contributed by atoms with Gasteiger partial charge in [-0.1, -0.05) is 29.8 Å². The van der Waals surface area contributed by atoms with E-state index in [2.05, 4.69) is 30.8 Å². The number of fused-ring (bicyclic) bond motifs is 1. The zero-order valence-corrected chi connectivity index (χ0v) is 12.4. The van der Waals surface area contributed by atoms with Crippen LogP contribution in [-0.4, -0.2) is 27.2 Å². The van der Waals surface area contributed by atoms with E-state index in [1.54, 1.807) is 13.2 Å². The van der Waals surface area contributed by atoms with Gasteiger partial charge in [0.05, 0.1) is 17.6 Å². The van der Waals surface area contributed by atoms with Gasteiger partial charge in [-0.05, 0) is 18.6 Å². The molecule has 3 aromatic rings. The SMILES string of the molecule is CNc1nc(NC(C)c2ccccc2Cl)c2cn[nH]c2n1. The molecular formula is C14H15ClN6. The van der Waals surface area contributed by atoms with Crippen LogP contribution in [0, 0.1) is 0 Å². The molecule has 0 bridgehead atoms. The molecule has 2 heterocycles. The second kappa shape index (κ2) is 5.57. The van der Waals surface area contributed by atoms with Crippen molar-refractivity contribution in [2.24, 2.45) is 0 Å². The lowest BCUT2D eigenvalue weighted by Gasteiger charge is -2.17. The summed E-state index contributed by atoms with van der Waals surface area (Å²) in [4.78, 5) is 8.76. The van der Waals surface area contributed by atoms with Crippen molar-refractivity contribution in [1.82, 2.24) is 20.2 Å². The van der Waals surface area contributed by atoms with Crippen LogP contribution in [0.2, 0.25) is 5.02 Å². The van der Waals surface area contributed by atoms with Gasteiger partial charge >= 0.3 is 0 Å². The fourth-order valence-corrected chi connectivity index (χ4v) is 2.47. The van der Waals surface area contributed by atoms with Crippen molar-refractivity contribution >= 4 is 34.4 Å². The average Bonchev–Trinajstić information content (AvgIpc) is 2.96. The first kappa shape index (κ1) is 13.6. The number of hydrogen-bond acceptors (Lipinski definition) is 5. The lowest BCUT2D eigenvalue weighted by molar-refractivity contribution is 0.876. The summed E-state index contributed by atoms with van der Waals surface area (Å²) in [5, 5.41) is 14.7. The van der Waals surface area contributed by atoms with E-state index in [1.165, 1.54) is 0 Å². The molecule has 21 heavy (non-hydrogen) atoms. The predicted molar refractivity (Wildman–Crippen MR) is 84.7 cm³/mol. The zero-order chi connectivity index (χ0) is 14.8.